The van der Waals surface area contributed by atoms with Crippen LogP contribution < -0.4 is 19.9 Å². The van der Waals surface area contributed by atoms with Crippen LogP contribution in [0, 0.1) is 16.7 Å². The minimum Gasteiger partial charge on any atom is -0.490 e. The number of fused-ring (bicyclic) bond motifs is 1. The standard InChI is InChI=1S/C43H46ClN7O6/c1-43(2)26-50(18-15-37(43)57-32-9-5-28(25-45)35(44)24-32)40(54)27-3-6-29(7-4-27)48-19-21-49(22-20-48)30-13-16-47(17-14-30)31-8-10-33-34(23-31)42(56)51(41(33)55)36-11-12-38(52)46-39(36)53/h3-10,23-24,30,36-37H,11-22,26H2,1-2H3,(H,46,52,53). The van der Waals surface area contributed by atoms with Gasteiger partial charge in [-0.15, -0.1) is 0 Å². The minimum absolute atomic E-state index is 0.0137. The molecule has 3 aromatic rings. The van der Waals surface area contributed by atoms with Crippen LogP contribution in [0.4, 0.5) is 11.4 Å². The number of amides is 5. The number of rotatable bonds is 7. The lowest BCUT2D eigenvalue weighted by Gasteiger charge is -2.44. The van der Waals surface area contributed by atoms with E-state index < -0.39 is 29.7 Å². The van der Waals surface area contributed by atoms with Gasteiger partial charge < -0.3 is 19.4 Å². The van der Waals surface area contributed by atoms with Crippen molar-refractivity contribution in [3.63, 3.8) is 0 Å². The molecule has 4 saturated heterocycles. The first kappa shape index (κ1) is 38.4. The fraction of sp³-hybridized carbons (Fsp3) is 0.442. The molecule has 57 heavy (non-hydrogen) atoms. The maximum atomic E-state index is 13.6. The summed E-state index contributed by atoms with van der Waals surface area (Å²) in [6.07, 6.45) is 2.76. The van der Waals surface area contributed by atoms with Gasteiger partial charge in [0.25, 0.3) is 17.7 Å². The number of hydrogen-bond acceptors (Lipinski definition) is 10. The Bertz CT molecular complexity index is 2150. The van der Waals surface area contributed by atoms with E-state index >= 15 is 0 Å². The second kappa shape index (κ2) is 15.5. The van der Waals surface area contributed by atoms with Crippen molar-refractivity contribution < 1.29 is 28.7 Å². The van der Waals surface area contributed by atoms with Crippen LogP contribution in [0.2, 0.25) is 5.02 Å². The molecule has 0 aromatic heterocycles. The van der Waals surface area contributed by atoms with Crippen molar-refractivity contribution >= 4 is 52.5 Å². The van der Waals surface area contributed by atoms with Gasteiger partial charge >= 0.3 is 0 Å². The van der Waals surface area contributed by atoms with Crippen molar-refractivity contribution in [3.05, 3.63) is 87.9 Å². The lowest BCUT2D eigenvalue weighted by Crippen LogP contribution is -2.54. The van der Waals surface area contributed by atoms with Crippen molar-refractivity contribution in [1.29, 1.82) is 5.26 Å². The largest absolute Gasteiger partial charge is 0.490 e. The number of carbonyl (C=O) groups excluding carboxylic acids is 5. The molecule has 0 saturated carbocycles. The minimum atomic E-state index is -0.976. The Morgan fingerprint density at radius 2 is 1.49 bits per heavy atom. The number of anilines is 2. The van der Waals surface area contributed by atoms with Gasteiger partial charge in [0.2, 0.25) is 11.8 Å². The maximum Gasteiger partial charge on any atom is 0.262 e. The van der Waals surface area contributed by atoms with Crippen LogP contribution in [0.5, 0.6) is 5.75 Å². The first-order valence-electron chi connectivity index (χ1n) is 19.8. The molecule has 8 rings (SSSR count). The average Bonchev–Trinajstić information content (AvgIpc) is 3.46. The number of nitriles is 1. The molecule has 0 bridgehead atoms. The first-order valence-corrected chi connectivity index (χ1v) is 20.1. The van der Waals surface area contributed by atoms with Gasteiger partial charge in [-0.2, -0.15) is 5.26 Å². The summed E-state index contributed by atoms with van der Waals surface area (Å²) in [4.78, 5) is 74.3. The summed E-state index contributed by atoms with van der Waals surface area (Å²) in [6.45, 7) is 10.7. The number of piperidine rings is 3. The van der Waals surface area contributed by atoms with Crippen molar-refractivity contribution in [1.82, 2.24) is 20.0 Å². The average molecular weight is 792 g/mol. The molecule has 14 heteroatoms. The second-order valence-corrected chi connectivity index (χ2v) is 16.7. The Kier molecular flexibility index (Phi) is 10.4. The predicted octanol–water partition coefficient (Wildman–Crippen LogP) is 4.72. The fourth-order valence-electron chi connectivity index (χ4n) is 9.04. The van der Waals surface area contributed by atoms with Crippen molar-refractivity contribution in [2.45, 2.75) is 64.1 Å². The molecule has 5 aliphatic rings. The van der Waals surface area contributed by atoms with Crippen LogP contribution in [-0.4, -0.2) is 115 Å². The number of nitrogens with one attached hydrogen (secondary N) is 1. The van der Waals surface area contributed by atoms with E-state index in [9.17, 15) is 29.2 Å². The van der Waals surface area contributed by atoms with E-state index in [-0.39, 0.29) is 30.3 Å². The van der Waals surface area contributed by atoms with Crippen LogP contribution in [0.1, 0.15) is 82.6 Å². The number of ether oxygens (including phenoxy) is 1. The Labute approximate surface area is 337 Å². The van der Waals surface area contributed by atoms with E-state index in [1.54, 1.807) is 30.3 Å². The number of carbonyl (C=O) groups is 5. The summed E-state index contributed by atoms with van der Waals surface area (Å²) in [5, 5.41) is 11.8. The Morgan fingerprint density at radius 3 is 2.16 bits per heavy atom. The topological polar surface area (TPSA) is 147 Å². The first-order chi connectivity index (χ1) is 27.4. The molecule has 1 N–H and O–H groups in total. The molecule has 4 fully saturated rings. The number of hydrogen-bond donors (Lipinski definition) is 1. The summed E-state index contributed by atoms with van der Waals surface area (Å²) in [6, 6.07) is 20.0. The molecule has 13 nitrogen and oxygen atoms in total. The molecule has 5 aliphatic heterocycles. The van der Waals surface area contributed by atoms with Gasteiger partial charge in [0.05, 0.1) is 21.7 Å². The van der Waals surface area contributed by atoms with Gasteiger partial charge in [0.15, 0.2) is 0 Å². The fourth-order valence-corrected chi connectivity index (χ4v) is 9.25. The molecular weight excluding hydrogens is 746 g/mol. The lowest BCUT2D eigenvalue weighted by atomic mass is 9.80. The van der Waals surface area contributed by atoms with Gasteiger partial charge in [-0.3, -0.25) is 39.1 Å². The summed E-state index contributed by atoms with van der Waals surface area (Å²) in [5.74, 6) is -1.35. The van der Waals surface area contributed by atoms with Crippen LogP contribution >= 0.6 is 11.6 Å². The van der Waals surface area contributed by atoms with Crippen molar-refractivity contribution in [2.75, 3.05) is 62.2 Å². The normalized spacial score (nSPS) is 23.0. The molecule has 2 unspecified atom stereocenters. The predicted molar refractivity (Wildman–Crippen MR) is 213 cm³/mol. The molecule has 0 radical (unpaired) electrons. The van der Waals surface area contributed by atoms with E-state index in [0.29, 0.717) is 58.6 Å². The maximum absolute atomic E-state index is 13.6. The van der Waals surface area contributed by atoms with Gasteiger partial charge in [0.1, 0.15) is 24.0 Å². The molecule has 3 aromatic carbocycles. The second-order valence-electron chi connectivity index (χ2n) is 16.3. The zero-order valence-electron chi connectivity index (χ0n) is 32.2. The van der Waals surface area contributed by atoms with Gasteiger partial charge in [-0.05, 0) is 73.9 Å². The molecule has 2 atom stereocenters. The molecule has 5 amide bonds. The van der Waals surface area contributed by atoms with E-state index in [1.807, 2.05) is 23.1 Å². The monoisotopic (exact) mass is 791 g/mol. The molecule has 5 heterocycles. The summed E-state index contributed by atoms with van der Waals surface area (Å²) < 4.78 is 6.30. The van der Waals surface area contributed by atoms with Crippen molar-refractivity contribution in [3.8, 4) is 11.8 Å². The van der Waals surface area contributed by atoms with Crippen LogP contribution in [-0.2, 0) is 9.59 Å². The van der Waals surface area contributed by atoms with Crippen molar-refractivity contribution in [2.24, 2.45) is 5.41 Å². The number of benzene rings is 3. The van der Waals surface area contributed by atoms with Crippen LogP contribution in [0.25, 0.3) is 0 Å². The highest BCUT2D eigenvalue weighted by Gasteiger charge is 2.45. The SMILES string of the molecule is CC1(C)CN(C(=O)c2ccc(N3CCN(C4CCN(c5ccc6c(c5)C(=O)N(C5CCC(=O)NC5=O)C6=O)CC4)CC3)cc2)CCC1Oc1ccc(C#N)c(Cl)c1. The Balaban J connectivity index is 0.805. The quantitative estimate of drug-likeness (QED) is 0.334. The number of piperazine rings is 1. The lowest BCUT2D eigenvalue weighted by molar-refractivity contribution is -0.136. The third-order valence-corrected chi connectivity index (χ3v) is 12.6. The molecule has 0 spiro atoms. The number of likely N-dealkylation sites (tertiary alicyclic amines) is 1. The van der Waals surface area contributed by atoms with E-state index in [1.165, 1.54) is 0 Å². The highest BCUT2D eigenvalue weighted by atomic mass is 35.5. The molecule has 0 aliphatic carbocycles. The van der Waals surface area contributed by atoms with E-state index in [4.69, 9.17) is 16.3 Å². The van der Waals surface area contributed by atoms with Gasteiger partial charge in [0, 0.05) is 99.7 Å². The highest BCUT2D eigenvalue weighted by Crippen LogP contribution is 2.36. The molecule has 296 valence electrons. The smallest absolute Gasteiger partial charge is 0.262 e. The zero-order chi connectivity index (χ0) is 40.0. The molecular formula is C43H46ClN7O6. The Morgan fingerprint density at radius 1 is 0.807 bits per heavy atom. The van der Waals surface area contributed by atoms with Crippen LogP contribution in [0.3, 0.4) is 0 Å². The van der Waals surface area contributed by atoms with Crippen LogP contribution in [0.15, 0.2) is 60.7 Å². The third kappa shape index (κ3) is 7.56. The van der Waals surface area contributed by atoms with Gasteiger partial charge in [-0.1, -0.05) is 25.4 Å². The summed E-state index contributed by atoms with van der Waals surface area (Å²) in [5.41, 5.74) is 3.38. The number of halogens is 1. The number of nitrogens with zero attached hydrogens (tertiary/aromatic N) is 6. The highest BCUT2D eigenvalue weighted by molar-refractivity contribution is 6.31. The van der Waals surface area contributed by atoms with E-state index in [0.717, 1.165) is 68.4 Å². The zero-order valence-corrected chi connectivity index (χ0v) is 33.0. The van der Waals surface area contributed by atoms with Gasteiger partial charge in [-0.25, -0.2) is 0 Å². The number of imide groups is 2. The van der Waals surface area contributed by atoms with E-state index in [2.05, 4.69) is 52.1 Å². The Hall–Kier alpha value is -5.45. The summed E-state index contributed by atoms with van der Waals surface area (Å²) in [7, 11) is 0. The third-order valence-electron chi connectivity index (χ3n) is 12.3. The summed E-state index contributed by atoms with van der Waals surface area (Å²) >= 11 is 6.22.